The van der Waals surface area contributed by atoms with Gasteiger partial charge in [0.1, 0.15) is 11.2 Å². The van der Waals surface area contributed by atoms with Gasteiger partial charge in [-0.1, -0.05) is 158 Å². The molecule has 7 aromatic carbocycles. The van der Waals surface area contributed by atoms with Gasteiger partial charge < -0.3 is 13.9 Å². The highest BCUT2D eigenvalue weighted by atomic mass is 16.3. The maximum Gasteiger partial charge on any atom is 0.135 e. The fraction of sp³-hybridized carbons (Fsp3) is 0.0986. The average Bonchev–Trinajstić information content (AvgIpc) is 3.76. The zero-order valence-corrected chi connectivity index (χ0v) is 43.5. The summed E-state index contributed by atoms with van der Waals surface area (Å²) in [6.07, 6.45) is 29.3. The lowest BCUT2D eigenvalue weighted by atomic mass is 9.95. The topological polar surface area (TPSA) is 34.2 Å². The fourth-order valence-corrected chi connectivity index (χ4v) is 9.94. The van der Waals surface area contributed by atoms with Crippen LogP contribution in [0.25, 0.3) is 77.3 Å². The Labute approximate surface area is 441 Å². The van der Waals surface area contributed by atoms with Crippen LogP contribution in [0.15, 0.2) is 265 Å². The molecule has 3 aromatic heterocycles. The van der Waals surface area contributed by atoms with Crippen LogP contribution in [0.3, 0.4) is 0 Å². The molecule has 0 saturated heterocycles. The number of fused-ring (bicyclic) bond motifs is 8. The van der Waals surface area contributed by atoms with Gasteiger partial charge in [0.05, 0.1) is 28.6 Å². The number of anilines is 2. The molecule has 10 aromatic rings. The van der Waals surface area contributed by atoms with E-state index in [1.165, 1.54) is 55.2 Å². The molecule has 4 heterocycles. The fourth-order valence-electron chi connectivity index (χ4n) is 9.94. The molecule has 0 amide bonds. The third-order valence-corrected chi connectivity index (χ3v) is 13.7. The number of furan rings is 1. The number of nitrogens with zero attached hydrogens (tertiary/aromatic N) is 3. The Hall–Kier alpha value is -9.21. The van der Waals surface area contributed by atoms with Crippen molar-refractivity contribution in [2.75, 3.05) is 4.90 Å². The predicted molar refractivity (Wildman–Crippen MR) is 322 cm³/mol. The van der Waals surface area contributed by atoms with E-state index in [4.69, 9.17) is 4.42 Å². The number of rotatable bonds is 6. The van der Waals surface area contributed by atoms with Crippen molar-refractivity contribution in [1.29, 1.82) is 0 Å². The van der Waals surface area contributed by atoms with Gasteiger partial charge >= 0.3 is 0 Å². The Kier molecular flexibility index (Phi) is 14.9. The quantitative estimate of drug-likeness (QED) is 0.123. The number of hydrogen-bond donors (Lipinski definition) is 0. The Balaban J connectivity index is 0.000000350. The second-order valence-electron chi connectivity index (χ2n) is 18.7. The molecule has 0 spiro atoms. The van der Waals surface area contributed by atoms with Gasteiger partial charge in [0, 0.05) is 50.3 Å². The minimum absolute atomic E-state index is 0.858. The maximum absolute atomic E-state index is 6.41. The molecule has 0 radical (unpaired) electrons. The second-order valence-corrected chi connectivity index (χ2v) is 18.7. The van der Waals surface area contributed by atoms with Crippen LogP contribution in [0.4, 0.5) is 11.4 Å². The van der Waals surface area contributed by atoms with Crippen molar-refractivity contribution in [2.45, 2.75) is 47.5 Å². The van der Waals surface area contributed by atoms with Crippen LogP contribution in [0.1, 0.15) is 61.4 Å². The van der Waals surface area contributed by atoms with E-state index in [-0.39, 0.29) is 0 Å². The molecule has 1 aliphatic heterocycles. The molecule has 0 unspecified atom stereocenters. The van der Waals surface area contributed by atoms with E-state index in [0.29, 0.717) is 0 Å². The first kappa shape index (κ1) is 49.4. The van der Waals surface area contributed by atoms with E-state index < -0.39 is 0 Å². The molecule has 2 aliphatic carbocycles. The second kappa shape index (κ2) is 22.7. The molecule has 366 valence electrons. The minimum Gasteiger partial charge on any atom is -0.456 e. The Morgan fingerprint density at radius 2 is 1.25 bits per heavy atom. The molecule has 2 bridgehead atoms. The highest BCUT2D eigenvalue weighted by molar-refractivity contribution is 6.10. The van der Waals surface area contributed by atoms with Crippen molar-refractivity contribution in [2.24, 2.45) is 0 Å². The lowest BCUT2D eigenvalue weighted by molar-refractivity contribution is 0.669. The van der Waals surface area contributed by atoms with Crippen LogP contribution < -0.4 is 4.90 Å². The minimum atomic E-state index is 0.858. The predicted octanol–water partition coefficient (Wildman–Crippen LogP) is 19.8. The number of allylic oxidation sites excluding steroid dienone is 13. The number of benzene rings is 7. The summed E-state index contributed by atoms with van der Waals surface area (Å²) in [5.41, 5.74) is 23.9. The first-order chi connectivity index (χ1) is 36.9. The van der Waals surface area contributed by atoms with E-state index in [2.05, 4.69) is 272 Å². The van der Waals surface area contributed by atoms with Crippen LogP contribution in [-0.2, 0) is 0 Å². The number of pyridine rings is 1. The third-order valence-electron chi connectivity index (χ3n) is 13.7. The molecule has 75 heavy (non-hydrogen) atoms. The largest absolute Gasteiger partial charge is 0.456 e. The van der Waals surface area contributed by atoms with Crippen molar-refractivity contribution in [3.63, 3.8) is 0 Å². The Morgan fingerprint density at radius 3 is 1.96 bits per heavy atom. The molecular weight excluding hydrogens is 911 g/mol. The van der Waals surface area contributed by atoms with Gasteiger partial charge in [-0.3, -0.25) is 4.98 Å². The summed E-state index contributed by atoms with van der Waals surface area (Å²) in [7, 11) is 0. The van der Waals surface area contributed by atoms with E-state index in [0.717, 1.165) is 79.8 Å². The first-order valence-electron chi connectivity index (χ1n) is 25.9. The summed E-state index contributed by atoms with van der Waals surface area (Å²) < 4.78 is 8.80. The third kappa shape index (κ3) is 10.4. The van der Waals surface area contributed by atoms with Crippen LogP contribution in [0, 0.1) is 13.8 Å². The lowest BCUT2D eigenvalue weighted by Crippen LogP contribution is -2.18. The summed E-state index contributed by atoms with van der Waals surface area (Å²) in [6.45, 7) is 13.6. The smallest absolute Gasteiger partial charge is 0.135 e. The van der Waals surface area contributed by atoms with Crippen LogP contribution in [0.5, 0.6) is 0 Å². The molecule has 13 rings (SSSR count). The zero-order valence-electron chi connectivity index (χ0n) is 43.5. The summed E-state index contributed by atoms with van der Waals surface area (Å²) >= 11 is 0. The van der Waals surface area contributed by atoms with Crippen LogP contribution in [-0.4, -0.2) is 9.55 Å². The van der Waals surface area contributed by atoms with Gasteiger partial charge in [0.2, 0.25) is 0 Å². The van der Waals surface area contributed by atoms with Gasteiger partial charge in [0.25, 0.3) is 0 Å². The Bertz CT molecular complexity index is 3950. The number of aryl methyl sites for hydroxylation is 2. The van der Waals surface area contributed by atoms with Gasteiger partial charge in [-0.2, -0.15) is 0 Å². The monoisotopic (exact) mass is 971 g/mol. The first-order valence-corrected chi connectivity index (χ1v) is 25.9. The molecule has 0 N–H and O–H groups in total. The Morgan fingerprint density at radius 1 is 0.613 bits per heavy atom. The highest BCUT2D eigenvalue weighted by Gasteiger charge is 2.24. The number of hydrogen-bond acceptors (Lipinski definition) is 3. The number of para-hydroxylation sites is 2. The van der Waals surface area contributed by atoms with Crippen molar-refractivity contribution < 1.29 is 4.42 Å². The van der Waals surface area contributed by atoms with Gasteiger partial charge in [0.15, 0.2) is 0 Å². The summed E-state index contributed by atoms with van der Waals surface area (Å²) in [6, 6.07) is 58.6. The molecule has 3 aliphatic rings. The lowest BCUT2D eigenvalue weighted by Gasteiger charge is -2.29. The summed E-state index contributed by atoms with van der Waals surface area (Å²) in [5, 5.41) is 4.68. The molecule has 0 fully saturated rings. The van der Waals surface area contributed by atoms with Crippen molar-refractivity contribution in [1.82, 2.24) is 9.55 Å². The number of aromatic nitrogens is 2. The van der Waals surface area contributed by atoms with E-state index in [1.807, 2.05) is 26.2 Å². The molecule has 4 heteroatoms. The molecule has 0 atom stereocenters. The van der Waals surface area contributed by atoms with Crippen molar-refractivity contribution in [3.05, 3.63) is 289 Å². The van der Waals surface area contributed by atoms with E-state index >= 15 is 0 Å². The van der Waals surface area contributed by atoms with Gasteiger partial charge in [-0.15, -0.1) is 6.58 Å². The van der Waals surface area contributed by atoms with Crippen molar-refractivity contribution >= 4 is 71.8 Å². The van der Waals surface area contributed by atoms with E-state index in [9.17, 15) is 0 Å². The highest BCUT2D eigenvalue weighted by Crippen LogP contribution is 2.43. The average molecular weight is 972 g/mol. The van der Waals surface area contributed by atoms with Gasteiger partial charge in [-0.05, 0) is 170 Å². The van der Waals surface area contributed by atoms with Crippen LogP contribution in [0.2, 0.25) is 0 Å². The van der Waals surface area contributed by atoms with E-state index in [1.54, 1.807) is 6.08 Å². The standard InChI is InChI=1S/C55H35N3O.C8H10.C5H10.C3H6/c1-2-12-37(40-16-10-18-44(31-40)58-51-21-7-5-19-47(51)48-20-6-8-22-52(48)58)29-36(11-1)38-14-9-15-39(30-38)41-23-25-54-49(33-41)50-34-45(24-26-55(50)59-54)57-43-17-4-3-13-42(32-43)46-27-28-56-35-53(46)57;1-7-5-3-4-6-8(7)2;1-3-5-4-2;1-3-2/h1,3-31,33-35H,2H2;3-6H,1-2H3;3,5H,4H2,1-2H3;3H,1H2,2H3/b;;5-3-;. The van der Waals surface area contributed by atoms with Gasteiger partial charge in [-0.25, -0.2) is 0 Å². The maximum atomic E-state index is 6.41. The summed E-state index contributed by atoms with van der Waals surface area (Å²) in [5.74, 6) is 0. The SMILES string of the molecule is C/C=C\CC.C1=C2C=CC=CC=1N(c1ccc3oc4ccc(-c5cccc(C6=CC(c7cccc(-n8c9ccccc9c9ccccc98)c7)=CCC=C6)c5)cc4c3c1)c1cnccc12.C=CC.Cc1ccccc1C. The molecule has 0 saturated carbocycles. The normalized spacial score (nSPS) is 13.3. The van der Waals surface area contributed by atoms with Crippen LogP contribution >= 0.6 is 0 Å². The zero-order chi connectivity index (χ0) is 51.7. The van der Waals surface area contributed by atoms with Crippen molar-refractivity contribution in [3.8, 4) is 16.8 Å². The summed E-state index contributed by atoms with van der Waals surface area (Å²) in [4.78, 5) is 6.74. The molecule has 4 nitrogen and oxygen atoms in total. The molecular formula is C71H61N3O.